The number of nitrogens with one attached hydrogen (secondary N) is 1. The van der Waals surface area contributed by atoms with Gasteiger partial charge in [-0.05, 0) is 29.1 Å². The van der Waals surface area contributed by atoms with Crippen molar-refractivity contribution in [2.75, 3.05) is 0 Å². The Bertz CT molecular complexity index is 801. The lowest BCUT2D eigenvalue weighted by Gasteiger charge is -2.02. The molecule has 1 aliphatic rings. The van der Waals surface area contributed by atoms with E-state index in [0.717, 1.165) is 5.56 Å². The van der Waals surface area contributed by atoms with Crippen molar-refractivity contribution in [2.24, 2.45) is 10.2 Å². The number of hydrogen-bond acceptors (Lipinski definition) is 6. The number of carbonyl (C=O) groups is 2. The Balaban J connectivity index is 1.59. The van der Waals surface area contributed by atoms with Gasteiger partial charge in [-0.1, -0.05) is 41.6 Å². The lowest BCUT2D eigenvalue weighted by Crippen LogP contribution is -2.26. The molecule has 0 saturated carbocycles. The molecule has 1 aliphatic heterocycles. The van der Waals surface area contributed by atoms with Crippen LogP contribution in [0.1, 0.15) is 21.7 Å². The number of nitrogens with zero attached hydrogens (tertiary/aromatic N) is 2. The van der Waals surface area contributed by atoms with Crippen molar-refractivity contribution in [2.45, 2.75) is 11.7 Å². The summed E-state index contributed by atoms with van der Waals surface area (Å²) in [5, 5.41) is 13.0. The van der Waals surface area contributed by atoms with Gasteiger partial charge in [-0.25, -0.2) is 0 Å². The fourth-order valence-electron chi connectivity index (χ4n) is 1.99. The number of rotatable bonds is 5. The Morgan fingerprint density at radius 1 is 1.29 bits per heavy atom. The maximum Gasteiger partial charge on any atom is 0.240 e. The van der Waals surface area contributed by atoms with Gasteiger partial charge in [0, 0.05) is 11.4 Å². The molecule has 2 aromatic rings. The van der Waals surface area contributed by atoms with Crippen molar-refractivity contribution in [3.63, 3.8) is 0 Å². The smallest absolute Gasteiger partial charge is 0.240 e. The van der Waals surface area contributed by atoms with Gasteiger partial charge in [-0.2, -0.15) is 5.10 Å². The standard InChI is InChI=1S/C16H12ClN3O2S2/c17-11-5-3-10(4-6-11)9-18-20-16-19-15(22)14(24-16)8-12(21)13-2-1-7-23-13/h1-7,9,14H,8H2,(H,19,20,22)/b18-9+. The first-order valence-corrected chi connectivity index (χ1v) is 9.16. The van der Waals surface area contributed by atoms with Crippen LogP contribution < -0.4 is 5.32 Å². The van der Waals surface area contributed by atoms with Gasteiger partial charge in [0.15, 0.2) is 11.0 Å². The largest absolute Gasteiger partial charge is 0.303 e. The summed E-state index contributed by atoms with van der Waals surface area (Å²) < 4.78 is 0. The second-order valence-electron chi connectivity index (χ2n) is 4.90. The molecule has 1 amide bonds. The van der Waals surface area contributed by atoms with Gasteiger partial charge in [-0.3, -0.25) is 9.59 Å². The number of carbonyl (C=O) groups excluding carboxylic acids is 2. The van der Waals surface area contributed by atoms with Crippen LogP contribution in [0.15, 0.2) is 52.0 Å². The summed E-state index contributed by atoms with van der Waals surface area (Å²) in [4.78, 5) is 24.7. The van der Waals surface area contributed by atoms with Crippen molar-refractivity contribution in [3.05, 3.63) is 57.2 Å². The van der Waals surface area contributed by atoms with Crippen LogP contribution in [0.2, 0.25) is 5.02 Å². The normalized spacial score (nSPS) is 19.1. The molecule has 0 spiro atoms. The molecule has 1 aromatic heterocycles. The van der Waals surface area contributed by atoms with E-state index in [4.69, 9.17) is 11.6 Å². The molecule has 0 aliphatic carbocycles. The van der Waals surface area contributed by atoms with Crippen LogP contribution in [0.3, 0.4) is 0 Å². The van der Waals surface area contributed by atoms with Gasteiger partial charge in [0.05, 0.1) is 16.3 Å². The number of Topliss-reactive ketones (excluding diaryl/α,β-unsaturated/α-hetero) is 1. The Morgan fingerprint density at radius 3 is 2.79 bits per heavy atom. The summed E-state index contributed by atoms with van der Waals surface area (Å²) in [6.45, 7) is 0. The highest BCUT2D eigenvalue weighted by atomic mass is 35.5. The quantitative estimate of drug-likeness (QED) is 0.491. The van der Waals surface area contributed by atoms with Crippen LogP contribution in [-0.4, -0.2) is 28.3 Å². The minimum atomic E-state index is -0.468. The van der Waals surface area contributed by atoms with E-state index in [2.05, 4.69) is 15.5 Å². The minimum absolute atomic E-state index is 0.0384. The van der Waals surface area contributed by atoms with Crippen molar-refractivity contribution >= 4 is 57.8 Å². The molecule has 1 N–H and O–H groups in total. The summed E-state index contributed by atoms with van der Waals surface area (Å²) in [5.74, 6) is -0.256. The molecule has 2 heterocycles. The fraction of sp³-hybridized carbons (Fsp3) is 0.125. The first kappa shape index (κ1) is 16.9. The van der Waals surface area contributed by atoms with Crippen LogP contribution in [0.5, 0.6) is 0 Å². The average molecular weight is 378 g/mol. The first-order valence-electron chi connectivity index (χ1n) is 7.02. The lowest BCUT2D eigenvalue weighted by atomic mass is 10.2. The highest BCUT2D eigenvalue weighted by molar-refractivity contribution is 8.15. The van der Waals surface area contributed by atoms with E-state index >= 15 is 0 Å². The molecule has 0 bridgehead atoms. The SMILES string of the molecule is O=C(CC1S/C(=N/N=C/c2ccc(Cl)cc2)NC1=O)c1cccs1. The number of ketones is 1. The third-order valence-corrected chi connectivity index (χ3v) is 5.40. The molecule has 3 rings (SSSR count). The number of amides is 1. The molecule has 8 heteroatoms. The molecular formula is C16H12ClN3O2S2. The van der Waals surface area contributed by atoms with E-state index in [9.17, 15) is 9.59 Å². The highest BCUT2D eigenvalue weighted by Gasteiger charge is 2.32. The first-order chi connectivity index (χ1) is 11.6. The van der Waals surface area contributed by atoms with E-state index in [-0.39, 0.29) is 18.1 Å². The van der Waals surface area contributed by atoms with Crippen molar-refractivity contribution in [1.29, 1.82) is 0 Å². The van der Waals surface area contributed by atoms with Crippen molar-refractivity contribution < 1.29 is 9.59 Å². The number of halogens is 1. The number of thioether (sulfide) groups is 1. The van der Waals surface area contributed by atoms with Crippen molar-refractivity contribution in [3.8, 4) is 0 Å². The summed E-state index contributed by atoms with van der Waals surface area (Å²) in [7, 11) is 0. The number of benzene rings is 1. The monoisotopic (exact) mass is 377 g/mol. The molecule has 1 aromatic carbocycles. The van der Waals surface area contributed by atoms with Crippen LogP contribution in [0, 0.1) is 0 Å². The zero-order valence-corrected chi connectivity index (χ0v) is 14.7. The minimum Gasteiger partial charge on any atom is -0.303 e. The number of thiophene rings is 1. The summed E-state index contributed by atoms with van der Waals surface area (Å²) in [5.41, 5.74) is 0.850. The van der Waals surface area contributed by atoms with Gasteiger partial charge in [0.1, 0.15) is 0 Å². The zero-order chi connectivity index (χ0) is 16.9. The fourth-order valence-corrected chi connectivity index (χ4v) is 3.72. The van der Waals surface area contributed by atoms with Crippen LogP contribution in [0.4, 0.5) is 0 Å². The Kier molecular flexibility index (Phi) is 5.44. The Morgan fingerprint density at radius 2 is 2.08 bits per heavy atom. The zero-order valence-electron chi connectivity index (χ0n) is 12.3. The van der Waals surface area contributed by atoms with Gasteiger partial charge in [0.25, 0.3) is 0 Å². The summed E-state index contributed by atoms with van der Waals surface area (Å²) >= 11 is 8.41. The summed E-state index contributed by atoms with van der Waals surface area (Å²) in [6.07, 6.45) is 1.72. The molecule has 1 fully saturated rings. The van der Waals surface area contributed by atoms with Gasteiger partial charge in [0.2, 0.25) is 5.91 Å². The lowest BCUT2D eigenvalue weighted by molar-refractivity contribution is -0.118. The predicted molar refractivity (Wildman–Crippen MR) is 99.3 cm³/mol. The maximum atomic E-state index is 12.1. The van der Waals surface area contributed by atoms with Gasteiger partial charge < -0.3 is 5.32 Å². The van der Waals surface area contributed by atoms with E-state index in [1.165, 1.54) is 23.1 Å². The molecular weight excluding hydrogens is 366 g/mol. The topological polar surface area (TPSA) is 70.9 Å². The second-order valence-corrected chi connectivity index (χ2v) is 7.48. The number of amidine groups is 1. The maximum absolute atomic E-state index is 12.1. The Labute approximate surface area is 151 Å². The molecule has 0 radical (unpaired) electrons. The highest BCUT2D eigenvalue weighted by Crippen LogP contribution is 2.25. The van der Waals surface area contributed by atoms with Crippen LogP contribution in [-0.2, 0) is 4.79 Å². The summed E-state index contributed by atoms with van der Waals surface area (Å²) in [6, 6.07) is 10.7. The van der Waals surface area contributed by atoms with E-state index < -0.39 is 5.25 Å². The number of hydrogen-bond donors (Lipinski definition) is 1. The van der Waals surface area contributed by atoms with Crippen LogP contribution >= 0.6 is 34.7 Å². The van der Waals surface area contributed by atoms with Crippen LogP contribution in [0.25, 0.3) is 0 Å². The van der Waals surface area contributed by atoms with E-state index in [1.54, 1.807) is 24.4 Å². The molecule has 1 saturated heterocycles. The second kappa shape index (κ2) is 7.74. The van der Waals surface area contributed by atoms with Crippen molar-refractivity contribution in [1.82, 2.24) is 5.32 Å². The van der Waals surface area contributed by atoms with Gasteiger partial charge in [-0.15, -0.1) is 16.4 Å². The Hall–Kier alpha value is -1.96. The van der Waals surface area contributed by atoms with E-state index in [0.29, 0.717) is 15.1 Å². The molecule has 5 nitrogen and oxygen atoms in total. The molecule has 122 valence electrons. The molecule has 24 heavy (non-hydrogen) atoms. The molecule has 1 unspecified atom stereocenters. The molecule has 1 atom stereocenters. The third kappa shape index (κ3) is 4.31. The average Bonchev–Trinajstić information content (AvgIpc) is 3.20. The van der Waals surface area contributed by atoms with E-state index in [1.807, 2.05) is 23.6 Å². The van der Waals surface area contributed by atoms with Gasteiger partial charge >= 0.3 is 0 Å². The third-order valence-electron chi connectivity index (χ3n) is 3.17. The predicted octanol–water partition coefficient (Wildman–Crippen LogP) is 3.60.